The first kappa shape index (κ1) is 21.4. The van der Waals surface area contributed by atoms with E-state index in [4.69, 9.17) is 11.6 Å². The fourth-order valence-corrected chi connectivity index (χ4v) is 6.18. The average molecular weight is 529 g/mol. The van der Waals surface area contributed by atoms with Crippen LogP contribution in [0.5, 0.6) is 0 Å². The van der Waals surface area contributed by atoms with Gasteiger partial charge in [-0.1, -0.05) is 23.7 Å². The number of aliphatic hydroxyl groups excluding tert-OH is 2. The number of halogens is 2. The molecule has 5 unspecified atom stereocenters. The van der Waals surface area contributed by atoms with Gasteiger partial charge in [0.15, 0.2) is 0 Å². The number of hydrogen-bond donors (Lipinski definition) is 3. The molecule has 1 saturated heterocycles. The zero-order chi connectivity index (χ0) is 22.9. The highest BCUT2D eigenvalue weighted by Gasteiger charge is 2.56. The minimum Gasteiger partial charge on any atom is -0.390 e. The lowest BCUT2D eigenvalue weighted by atomic mass is 9.80. The molecule has 7 nitrogen and oxygen atoms in total. The van der Waals surface area contributed by atoms with E-state index in [9.17, 15) is 10.2 Å². The summed E-state index contributed by atoms with van der Waals surface area (Å²) >= 11 is 9.63. The second-order valence-electron chi connectivity index (χ2n) is 9.34. The van der Waals surface area contributed by atoms with Crippen LogP contribution in [0.25, 0.3) is 21.9 Å². The molecule has 2 aliphatic rings. The van der Waals surface area contributed by atoms with Gasteiger partial charge in [-0.15, -0.1) is 0 Å². The van der Waals surface area contributed by atoms with E-state index in [1.807, 2.05) is 35.9 Å². The Morgan fingerprint density at radius 1 is 1.18 bits per heavy atom. The van der Waals surface area contributed by atoms with Gasteiger partial charge in [0, 0.05) is 35.0 Å². The summed E-state index contributed by atoms with van der Waals surface area (Å²) in [4.78, 5) is 13.2. The van der Waals surface area contributed by atoms with Crippen molar-refractivity contribution in [3.05, 3.63) is 63.7 Å². The van der Waals surface area contributed by atoms with Crippen LogP contribution in [0.2, 0.25) is 5.15 Å². The second kappa shape index (κ2) is 7.71. The first-order chi connectivity index (χ1) is 15.9. The number of fused-ring (bicyclic) bond motifs is 2. The Kier molecular flexibility index (Phi) is 5.01. The smallest absolute Gasteiger partial charge is 0.143 e. The molecule has 6 rings (SSSR count). The van der Waals surface area contributed by atoms with E-state index in [0.717, 1.165) is 44.1 Å². The van der Waals surface area contributed by atoms with Gasteiger partial charge in [0.1, 0.15) is 23.2 Å². The van der Waals surface area contributed by atoms with Crippen molar-refractivity contribution in [1.29, 1.82) is 0 Å². The minimum absolute atomic E-state index is 0.0604. The molecule has 170 valence electrons. The summed E-state index contributed by atoms with van der Waals surface area (Å²) in [6.45, 7) is 2.58. The molecule has 4 heterocycles. The summed E-state index contributed by atoms with van der Waals surface area (Å²) in [6, 6.07) is 9.95. The molecule has 1 spiro atoms. The van der Waals surface area contributed by atoms with E-state index in [0.29, 0.717) is 18.1 Å². The number of aromatic nitrogens is 4. The first-order valence-electron chi connectivity index (χ1n) is 11.0. The third-order valence-electron chi connectivity index (χ3n) is 7.49. The number of aryl methyl sites for hydroxylation is 1. The average Bonchev–Trinajstić information content (AvgIpc) is 3.48. The fourth-order valence-electron chi connectivity index (χ4n) is 5.70. The third-order valence-corrected chi connectivity index (χ3v) is 8.61. The van der Waals surface area contributed by atoms with E-state index in [1.165, 1.54) is 0 Å². The van der Waals surface area contributed by atoms with Crippen molar-refractivity contribution in [2.75, 3.05) is 6.54 Å². The van der Waals surface area contributed by atoms with Crippen LogP contribution in [0, 0.1) is 12.3 Å². The van der Waals surface area contributed by atoms with Crippen LogP contribution in [-0.2, 0) is 0 Å². The predicted molar refractivity (Wildman–Crippen MR) is 130 cm³/mol. The van der Waals surface area contributed by atoms with Crippen molar-refractivity contribution in [3.63, 3.8) is 0 Å². The SMILES string of the molecule is Cc1ncnc2c1ccn2C1CC2(CNC(c3ccc4cc(Br)c(Cl)nc4c3)C2)C(O)C1O. The summed E-state index contributed by atoms with van der Waals surface area (Å²) < 4.78 is 2.77. The lowest BCUT2D eigenvalue weighted by Gasteiger charge is -2.27. The van der Waals surface area contributed by atoms with Crippen molar-refractivity contribution in [3.8, 4) is 0 Å². The number of rotatable bonds is 2. The standard InChI is InChI=1S/C24H23BrClN5O2/c1-12-15-4-5-31(23(15)29-11-28-12)19-9-24(21(33)20(19)32)8-18(27-10-24)14-3-2-13-6-16(25)22(26)30-17(13)7-14/h2-7,11,18-21,27,32-33H,8-10H2,1H3. The van der Waals surface area contributed by atoms with Crippen LogP contribution in [0.1, 0.15) is 36.2 Å². The maximum Gasteiger partial charge on any atom is 0.143 e. The van der Waals surface area contributed by atoms with Gasteiger partial charge < -0.3 is 20.1 Å². The summed E-state index contributed by atoms with van der Waals surface area (Å²) in [5.74, 6) is 0. The predicted octanol–water partition coefficient (Wildman–Crippen LogP) is 4.09. The Balaban J connectivity index is 1.30. The van der Waals surface area contributed by atoms with Crippen LogP contribution >= 0.6 is 27.5 Å². The monoisotopic (exact) mass is 527 g/mol. The lowest BCUT2D eigenvalue weighted by molar-refractivity contribution is -0.0218. The zero-order valence-electron chi connectivity index (χ0n) is 17.9. The van der Waals surface area contributed by atoms with Crippen LogP contribution < -0.4 is 5.32 Å². The topological polar surface area (TPSA) is 96.1 Å². The minimum atomic E-state index is -0.870. The molecule has 3 N–H and O–H groups in total. The van der Waals surface area contributed by atoms with Gasteiger partial charge in [-0.2, -0.15) is 0 Å². The van der Waals surface area contributed by atoms with Gasteiger partial charge in [0.25, 0.3) is 0 Å². The van der Waals surface area contributed by atoms with Gasteiger partial charge in [-0.25, -0.2) is 15.0 Å². The fraction of sp³-hybridized carbons (Fsp3) is 0.375. The van der Waals surface area contributed by atoms with Gasteiger partial charge >= 0.3 is 0 Å². The molecule has 1 aliphatic heterocycles. The maximum atomic E-state index is 11.2. The van der Waals surface area contributed by atoms with Gasteiger partial charge in [0.2, 0.25) is 0 Å². The molecule has 1 aliphatic carbocycles. The molecular weight excluding hydrogens is 506 g/mol. The van der Waals surface area contributed by atoms with Crippen LogP contribution in [0.4, 0.5) is 0 Å². The summed E-state index contributed by atoms with van der Waals surface area (Å²) in [5.41, 5.74) is 3.21. The Bertz CT molecular complexity index is 1390. The molecule has 0 bridgehead atoms. The van der Waals surface area contributed by atoms with Crippen molar-refractivity contribution in [1.82, 2.24) is 24.8 Å². The van der Waals surface area contributed by atoms with Crippen molar-refractivity contribution in [2.45, 2.75) is 44.1 Å². The molecular formula is C24H23BrClN5O2. The Morgan fingerprint density at radius 3 is 2.88 bits per heavy atom. The molecule has 2 fully saturated rings. The lowest BCUT2D eigenvalue weighted by Crippen LogP contribution is -2.38. The molecule has 33 heavy (non-hydrogen) atoms. The summed E-state index contributed by atoms with van der Waals surface area (Å²) in [7, 11) is 0. The van der Waals surface area contributed by atoms with E-state index >= 15 is 0 Å². The van der Waals surface area contributed by atoms with E-state index in [1.54, 1.807) is 6.33 Å². The largest absolute Gasteiger partial charge is 0.390 e. The number of pyridine rings is 1. The number of nitrogens with one attached hydrogen (secondary N) is 1. The zero-order valence-corrected chi connectivity index (χ0v) is 20.3. The molecule has 5 atom stereocenters. The van der Waals surface area contributed by atoms with Crippen LogP contribution in [0.15, 0.2) is 47.3 Å². The quantitative estimate of drug-likeness (QED) is 0.339. The molecule has 1 saturated carbocycles. The number of benzene rings is 1. The maximum absolute atomic E-state index is 11.2. The van der Waals surface area contributed by atoms with Crippen molar-refractivity contribution >= 4 is 49.5 Å². The highest BCUT2D eigenvalue weighted by molar-refractivity contribution is 9.10. The Morgan fingerprint density at radius 2 is 2.03 bits per heavy atom. The summed E-state index contributed by atoms with van der Waals surface area (Å²) in [6.07, 6.45) is 3.19. The van der Waals surface area contributed by atoms with Crippen LogP contribution in [-0.4, -0.2) is 48.5 Å². The van der Waals surface area contributed by atoms with E-state index in [-0.39, 0.29) is 12.1 Å². The third kappa shape index (κ3) is 3.31. The highest BCUT2D eigenvalue weighted by atomic mass is 79.9. The van der Waals surface area contributed by atoms with Gasteiger partial charge in [0.05, 0.1) is 27.8 Å². The molecule has 9 heteroatoms. The number of aliphatic hydroxyl groups is 2. The molecule has 1 aromatic carbocycles. The van der Waals surface area contributed by atoms with Crippen LogP contribution in [0.3, 0.4) is 0 Å². The van der Waals surface area contributed by atoms with E-state index < -0.39 is 17.6 Å². The summed E-state index contributed by atoms with van der Waals surface area (Å²) in [5, 5.41) is 28.2. The number of nitrogens with zero attached hydrogens (tertiary/aromatic N) is 4. The van der Waals surface area contributed by atoms with E-state index in [2.05, 4.69) is 48.3 Å². The molecule has 0 radical (unpaired) electrons. The van der Waals surface area contributed by atoms with Gasteiger partial charge in [-0.3, -0.25) is 0 Å². The first-order valence-corrected chi connectivity index (χ1v) is 12.2. The highest BCUT2D eigenvalue weighted by Crippen LogP contribution is 2.52. The number of hydrogen-bond acceptors (Lipinski definition) is 6. The molecule has 4 aromatic rings. The Labute approximate surface area is 204 Å². The normalized spacial score (nSPS) is 29.6. The van der Waals surface area contributed by atoms with Crippen molar-refractivity contribution < 1.29 is 10.2 Å². The second-order valence-corrected chi connectivity index (χ2v) is 10.6. The van der Waals surface area contributed by atoms with Gasteiger partial charge in [-0.05, 0) is 59.5 Å². The molecule has 3 aromatic heterocycles. The molecule has 0 amide bonds. The Hall–Kier alpha value is -2.10. The van der Waals surface area contributed by atoms with Crippen molar-refractivity contribution in [2.24, 2.45) is 5.41 Å².